The average Bonchev–Trinajstić information content (AvgIpc) is 2.34. The molecule has 0 saturated heterocycles. The van der Waals surface area contributed by atoms with Crippen LogP contribution in [0.5, 0.6) is 11.5 Å². The van der Waals surface area contributed by atoms with Gasteiger partial charge in [0.15, 0.2) is 11.5 Å². The first kappa shape index (κ1) is 13.7. The minimum absolute atomic E-state index is 0.147. The van der Waals surface area contributed by atoms with E-state index >= 15 is 0 Å². The van der Waals surface area contributed by atoms with Gasteiger partial charge in [-0.1, -0.05) is 19.3 Å². The summed E-state index contributed by atoms with van der Waals surface area (Å²) < 4.78 is 5.85. The zero-order chi connectivity index (χ0) is 13.3. The molecule has 1 aliphatic rings. The van der Waals surface area contributed by atoms with Crippen molar-refractivity contribution in [2.75, 3.05) is 7.11 Å². The van der Waals surface area contributed by atoms with E-state index in [9.17, 15) is 5.11 Å². The average molecular weight is 314 g/mol. The first-order chi connectivity index (χ1) is 8.49. The summed E-state index contributed by atoms with van der Waals surface area (Å²) in [6, 6.07) is 1.86. The van der Waals surface area contributed by atoms with Crippen LogP contribution in [0.4, 0.5) is 0 Å². The van der Waals surface area contributed by atoms with E-state index in [0.29, 0.717) is 10.2 Å². The predicted molar refractivity (Wildman–Crippen MR) is 76.0 cm³/mol. The molecule has 0 atom stereocenters. The van der Waals surface area contributed by atoms with Crippen LogP contribution < -0.4 is 10.5 Å². The molecular weight excluding hydrogens is 294 g/mol. The summed E-state index contributed by atoms with van der Waals surface area (Å²) in [5.74, 6) is 0.635. The second-order valence-electron chi connectivity index (χ2n) is 5.15. The third-order valence-electron chi connectivity index (χ3n) is 3.87. The predicted octanol–water partition coefficient (Wildman–Crippen LogP) is 3.59. The quantitative estimate of drug-likeness (QED) is 0.877. The molecule has 4 heteroatoms. The minimum Gasteiger partial charge on any atom is -0.503 e. The fourth-order valence-corrected chi connectivity index (χ4v) is 3.84. The van der Waals surface area contributed by atoms with Gasteiger partial charge in [-0.3, -0.25) is 0 Å². The van der Waals surface area contributed by atoms with Gasteiger partial charge in [-0.15, -0.1) is 0 Å². The molecule has 1 aliphatic carbocycles. The van der Waals surface area contributed by atoms with Gasteiger partial charge in [0.2, 0.25) is 0 Å². The van der Waals surface area contributed by atoms with Gasteiger partial charge in [0.1, 0.15) is 0 Å². The number of nitrogens with two attached hydrogens (primary N) is 1. The highest BCUT2D eigenvalue weighted by Crippen LogP contribution is 2.46. The lowest BCUT2D eigenvalue weighted by molar-refractivity contribution is 0.297. The lowest BCUT2D eigenvalue weighted by atomic mass is 9.76. The van der Waals surface area contributed by atoms with Crippen molar-refractivity contribution in [2.24, 2.45) is 5.73 Å². The van der Waals surface area contributed by atoms with E-state index in [2.05, 4.69) is 15.9 Å². The number of hydrogen-bond donors (Lipinski definition) is 2. The van der Waals surface area contributed by atoms with Crippen molar-refractivity contribution in [3.8, 4) is 11.5 Å². The van der Waals surface area contributed by atoms with Crippen LogP contribution in [-0.4, -0.2) is 12.2 Å². The molecule has 18 heavy (non-hydrogen) atoms. The van der Waals surface area contributed by atoms with Crippen LogP contribution in [0.2, 0.25) is 0 Å². The van der Waals surface area contributed by atoms with Gasteiger partial charge in [0.25, 0.3) is 0 Å². The van der Waals surface area contributed by atoms with Gasteiger partial charge in [-0.2, -0.15) is 0 Å². The van der Waals surface area contributed by atoms with Crippen LogP contribution in [-0.2, 0) is 5.54 Å². The monoisotopic (exact) mass is 313 g/mol. The van der Waals surface area contributed by atoms with Crippen molar-refractivity contribution in [3.05, 3.63) is 21.7 Å². The number of ether oxygens (including phenoxy) is 1. The van der Waals surface area contributed by atoms with E-state index in [1.165, 1.54) is 6.42 Å². The second-order valence-corrected chi connectivity index (χ2v) is 5.94. The first-order valence-electron chi connectivity index (χ1n) is 6.35. The zero-order valence-corrected chi connectivity index (χ0v) is 12.5. The molecule has 0 amide bonds. The highest BCUT2D eigenvalue weighted by Gasteiger charge is 2.34. The summed E-state index contributed by atoms with van der Waals surface area (Å²) in [7, 11) is 1.55. The largest absolute Gasteiger partial charge is 0.503 e. The Kier molecular flexibility index (Phi) is 3.87. The maximum Gasteiger partial charge on any atom is 0.172 e. The third kappa shape index (κ3) is 2.24. The minimum atomic E-state index is -0.328. The fourth-order valence-electron chi connectivity index (χ4n) is 2.94. The number of phenolic OH excluding ortho intramolecular Hbond substituents is 1. The molecule has 0 radical (unpaired) electrons. The van der Waals surface area contributed by atoms with Crippen LogP contribution in [0.25, 0.3) is 0 Å². The highest BCUT2D eigenvalue weighted by atomic mass is 79.9. The molecular formula is C14H20BrNO2. The Labute approximate surface area is 116 Å². The standard InChI is InChI=1S/C14H20BrNO2/c1-9-8-10(18-2)13(17)12(15)11(9)14(16)6-4-3-5-7-14/h8,17H,3-7,16H2,1-2H3. The summed E-state index contributed by atoms with van der Waals surface area (Å²) in [6.45, 7) is 2.02. The van der Waals surface area contributed by atoms with Crippen LogP contribution in [0.3, 0.4) is 0 Å². The van der Waals surface area contributed by atoms with E-state index in [4.69, 9.17) is 10.5 Å². The van der Waals surface area contributed by atoms with Crippen molar-refractivity contribution in [3.63, 3.8) is 0 Å². The number of benzene rings is 1. The molecule has 1 aromatic carbocycles. The Balaban J connectivity index is 2.53. The Bertz CT molecular complexity index is 454. The van der Waals surface area contributed by atoms with Gasteiger partial charge in [0, 0.05) is 5.54 Å². The van der Waals surface area contributed by atoms with E-state index in [1.807, 2.05) is 13.0 Å². The third-order valence-corrected chi connectivity index (χ3v) is 4.64. The number of aryl methyl sites for hydroxylation is 1. The van der Waals surface area contributed by atoms with Crippen molar-refractivity contribution in [1.29, 1.82) is 0 Å². The molecule has 0 aromatic heterocycles. The molecule has 3 nitrogen and oxygen atoms in total. The Hall–Kier alpha value is -0.740. The number of aromatic hydroxyl groups is 1. The molecule has 0 heterocycles. The first-order valence-corrected chi connectivity index (χ1v) is 7.14. The number of phenols is 1. The molecule has 0 unspecified atom stereocenters. The Morgan fingerprint density at radius 1 is 1.33 bits per heavy atom. The molecule has 2 rings (SSSR count). The lowest BCUT2D eigenvalue weighted by Gasteiger charge is -2.36. The van der Waals surface area contributed by atoms with Crippen LogP contribution >= 0.6 is 15.9 Å². The topological polar surface area (TPSA) is 55.5 Å². The van der Waals surface area contributed by atoms with Gasteiger partial charge >= 0.3 is 0 Å². The van der Waals surface area contributed by atoms with Crippen molar-refractivity contribution in [1.82, 2.24) is 0 Å². The van der Waals surface area contributed by atoms with Crippen LogP contribution in [0, 0.1) is 6.92 Å². The van der Waals surface area contributed by atoms with E-state index in [1.54, 1.807) is 7.11 Å². The maximum absolute atomic E-state index is 10.1. The molecule has 0 spiro atoms. The summed E-state index contributed by atoms with van der Waals surface area (Å²) in [6.07, 6.45) is 5.48. The summed E-state index contributed by atoms with van der Waals surface area (Å²) in [5, 5.41) is 10.1. The van der Waals surface area contributed by atoms with E-state index in [-0.39, 0.29) is 11.3 Å². The van der Waals surface area contributed by atoms with Gasteiger partial charge in [-0.25, -0.2) is 0 Å². The van der Waals surface area contributed by atoms with Crippen molar-refractivity contribution in [2.45, 2.75) is 44.6 Å². The number of rotatable bonds is 2. The SMILES string of the molecule is COc1cc(C)c(C2(N)CCCCC2)c(Br)c1O. The highest BCUT2D eigenvalue weighted by molar-refractivity contribution is 9.10. The summed E-state index contributed by atoms with van der Waals surface area (Å²) >= 11 is 3.48. The van der Waals surface area contributed by atoms with Gasteiger partial charge in [-0.05, 0) is 52.9 Å². The Morgan fingerprint density at radius 2 is 1.94 bits per heavy atom. The fraction of sp³-hybridized carbons (Fsp3) is 0.571. The maximum atomic E-state index is 10.1. The molecule has 100 valence electrons. The second kappa shape index (κ2) is 5.10. The zero-order valence-electron chi connectivity index (χ0n) is 10.9. The summed E-state index contributed by atoms with van der Waals surface area (Å²) in [4.78, 5) is 0. The molecule has 1 aromatic rings. The number of halogens is 1. The van der Waals surface area contributed by atoms with Crippen LogP contribution in [0.1, 0.15) is 43.2 Å². The molecule has 0 bridgehead atoms. The number of hydrogen-bond acceptors (Lipinski definition) is 3. The number of methoxy groups -OCH3 is 1. The molecule has 1 saturated carbocycles. The van der Waals surface area contributed by atoms with Crippen molar-refractivity contribution < 1.29 is 9.84 Å². The Morgan fingerprint density at radius 3 is 2.50 bits per heavy atom. The molecule has 1 fully saturated rings. The lowest BCUT2D eigenvalue weighted by Crippen LogP contribution is -2.39. The smallest absolute Gasteiger partial charge is 0.172 e. The van der Waals surface area contributed by atoms with Gasteiger partial charge in [0.05, 0.1) is 11.6 Å². The normalized spacial score (nSPS) is 18.7. The van der Waals surface area contributed by atoms with Crippen LogP contribution in [0.15, 0.2) is 10.5 Å². The van der Waals surface area contributed by atoms with Gasteiger partial charge < -0.3 is 15.6 Å². The molecule has 3 N–H and O–H groups in total. The molecule has 0 aliphatic heterocycles. The summed E-state index contributed by atoms with van der Waals surface area (Å²) in [5.41, 5.74) is 8.33. The van der Waals surface area contributed by atoms with E-state index in [0.717, 1.165) is 36.8 Å². The van der Waals surface area contributed by atoms with Crippen molar-refractivity contribution >= 4 is 15.9 Å². The van der Waals surface area contributed by atoms with E-state index < -0.39 is 0 Å².